The molecule has 6 heteroatoms. The van der Waals surface area contributed by atoms with Gasteiger partial charge in [-0.2, -0.15) is 0 Å². The van der Waals surface area contributed by atoms with Crippen LogP contribution in [0.1, 0.15) is 150 Å². The summed E-state index contributed by atoms with van der Waals surface area (Å²) in [4.78, 5) is 20.9. The molecule has 3 N–H and O–H groups in total. The van der Waals surface area contributed by atoms with Crippen LogP contribution in [0.4, 0.5) is 0 Å². The van der Waals surface area contributed by atoms with Gasteiger partial charge in [-0.15, -0.1) is 0 Å². The monoisotopic (exact) mass is 528 g/mol. The van der Waals surface area contributed by atoms with Gasteiger partial charge in [-0.05, 0) is 13.8 Å². The molecule has 0 aliphatic heterocycles. The summed E-state index contributed by atoms with van der Waals surface area (Å²) in [6, 6.07) is 0. The first-order valence-electron chi connectivity index (χ1n) is 14.4. The Morgan fingerprint density at radius 1 is 0.545 bits per heavy atom. The molecule has 33 heavy (non-hydrogen) atoms. The van der Waals surface area contributed by atoms with E-state index in [1.54, 1.807) is 13.8 Å². The maximum absolute atomic E-state index is 12.7. The van der Waals surface area contributed by atoms with Crippen LogP contribution in [0.25, 0.3) is 0 Å². The minimum atomic E-state index is -3.90. The van der Waals surface area contributed by atoms with Gasteiger partial charge >= 0.3 is 187 Å². The van der Waals surface area contributed by atoms with Crippen LogP contribution >= 0.6 is 5.59 Å². The van der Waals surface area contributed by atoms with E-state index < -0.39 is 21.7 Å². The van der Waals surface area contributed by atoms with Crippen molar-refractivity contribution in [3.8, 4) is 0 Å². The van der Waals surface area contributed by atoms with Gasteiger partial charge in [0, 0.05) is 6.10 Å². The quantitative estimate of drug-likeness (QED) is 0.0742. The number of aliphatic hydroxyl groups is 1. The van der Waals surface area contributed by atoms with E-state index in [4.69, 9.17) is 5.11 Å². The van der Waals surface area contributed by atoms with E-state index in [9.17, 15) is 14.4 Å². The zero-order valence-corrected chi connectivity index (χ0v) is 25.6. The molecule has 0 aliphatic rings. The molecule has 0 spiro atoms. The zero-order chi connectivity index (χ0) is 25.4. The normalized spacial score (nSPS) is 12.2. The van der Waals surface area contributed by atoms with Gasteiger partial charge in [0.25, 0.3) is 0 Å². The van der Waals surface area contributed by atoms with E-state index in [2.05, 4.69) is 20.8 Å². The third kappa shape index (κ3) is 23.0. The summed E-state index contributed by atoms with van der Waals surface area (Å²) in [5.74, 6) is 0. The van der Waals surface area contributed by atoms with Gasteiger partial charge in [0.05, 0.1) is 0 Å². The summed E-state index contributed by atoms with van der Waals surface area (Å²) in [6.45, 7) is 10.1. The van der Waals surface area contributed by atoms with Crippen molar-refractivity contribution < 1.29 is 35.5 Å². The Morgan fingerprint density at radius 3 is 0.970 bits per heavy atom. The molecule has 0 aromatic carbocycles. The van der Waals surface area contributed by atoms with Crippen LogP contribution in [0.15, 0.2) is 0 Å². The Labute approximate surface area is 211 Å². The molecule has 0 atom stereocenters. The Hall–Kier alpha value is 0.824. The van der Waals surface area contributed by atoms with Gasteiger partial charge < -0.3 is 5.11 Å². The molecule has 0 rings (SSSR count). The van der Waals surface area contributed by atoms with Crippen LogP contribution in [-0.4, -0.2) is 21.0 Å². The minimum absolute atomic E-state index is 0.167. The average molecular weight is 529 g/mol. The number of hydrogen-bond acceptors (Lipinski definition) is 2. The van der Waals surface area contributed by atoms with Crippen molar-refractivity contribution in [2.75, 3.05) is 0 Å². The maximum atomic E-state index is 12.7. The molecule has 0 saturated carbocycles. The second-order valence-corrected chi connectivity index (χ2v) is 24.3. The van der Waals surface area contributed by atoms with Crippen LogP contribution in [0.3, 0.4) is 0 Å². The van der Waals surface area contributed by atoms with Crippen molar-refractivity contribution in [2.24, 2.45) is 0 Å². The topological polar surface area (TPSA) is 77.8 Å². The fourth-order valence-electron chi connectivity index (χ4n) is 4.52. The molecule has 0 radical (unpaired) electrons. The first-order valence-corrected chi connectivity index (χ1v) is 21.4. The Balaban J connectivity index is 0. The summed E-state index contributed by atoms with van der Waals surface area (Å²) < 4.78 is 15.4. The molecule has 0 aliphatic carbocycles. The third-order valence-electron chi connectivity index (χ3n) is 6.60. The van der Waals surface area contributed by atoms with E-state index in [0.29, 0.717) is 0 Å². The first-order chi connectivity index (χ1) is 15.7. The fourth-order valence-corrected chi connectivity index (χ4v) is 16.9. The summed E-state index contributed by atoms with van der Waals surface area (Å²) in [5, 5.41) is 8.06. The molecular formula is C27H61O4PTi. The van der Waals surface area contributed by atoms with Crippen LogP contribution in [0.2, 0.25) is 14.2 Å². The Kier molecular flexibility index (Phi) is 26.7. The molecule has 0 unspecified atom stereocenters. The van der Waals surface area contributed by atoms with Gasteiger partial charge in [-0.3, -0.25) is 0 Å². The van der Waals surface area contributed by atoms with E-state index >= 15 is 0 Å². The van der Waals surface area contributed by atoms with E-state index in [-0.39, 0.29) is 6.10 Å². The number of aliphatic hydroxyl groups excluding tert-OH is 1. The second kappa shape index (κ2) is 24.5. The van der Waals surface area contributed by atoms with Gasteiger partial charge in [0.1, 0.15) is 0 Å². The SMILES string of the molecule is CC(C)O.CCCCCCC[CH2][Ti]([CH2]CCCCCCC)([CH2]CCCCCCC)[P](=O)(O)O. The number of hydrogen-bond donors (Lipinski definition) is 3. The number of rotatable bonds is 22. The van der Waals surface area contributed by atoms with Gasteiger partial charge in [0.2, 0.25) is 0 Å². The third-order valence-corrected chi connectivity index (χ3v) is 22.4. The van der Waals surface area contributed by atoms with Gasteiger partial charge in [-0.1, -0.05) is 0 Å². The molecule has 0 aromatic heterocycles. The van der Waals surface area contributed by atoms with Crippen molar-refractivity contribution in [3.63, 3.8) is 0 Å². The fraction of sp³-hybridized carbons (Fsp3) is 1.00. The van der Waals surface area contributed by atoms with E-state index in [1.807, 2.05) is 0 Å². The molecule has 0 fully saturated rings. The molecular weight excluding hydrogens is 467 g/mol. The van der Waals surface area contributed by atoms with Crippen molar-refractivity contribution in [1.29, 1.82) is 0 Å². The molecule has 0 aromatic rings. The molecule has 202 valence electrons. The van der Waals surface area contributed by atoms with Crippen LogP contribution in [0.5, 0.6) is 0 Å². The van der Waals surface area contributed by atoms with Crippen molar-refractivity contribution >= 4 is 5.59 Å². The molecule has 0 amide bonds. The Morgan fingerprint density at radius 2 is 0.758 bits per heavy atom. The summed E-state index contributed by atoms with van der Waals surface area (Å²) in [6.07, 6.45) is 21.7. The standard InChI is InChI=1S/3C8H17.C3H8O.HO3P.Ti/c3*1-3-5-7-8-6-4-2;1-3(2)4;1-4(2)3;/h3*1,3-8H2,2H3;3-4H,1-2H3;(H-,1,2,3);/q;;;;;-1/p+1. The summed E-state index contributed by atoms with van der Waals surface area (Å²) in [7, 11) is 0. The Bertz CT molecular complexity index is 396. The van der Waals surface area contributed by atoms with Crippen LogP contribution in [0, 0.1) is 0 Å². The summed E-state index contributed by atoms with van der Waals surface area (Å²) >= 11 is -3.16. The van der Waals surface area contributed by atoms with Gasteiger partial charge in [-0.25, -0.2) is 0 Å². The van der Waals surface area contributed by atoms with E-state index in [0.717, 1.165) is 33.4 Å². The second-order valence-electron chi connectivity index (χ2n) is 10.4. The van der Waals surface area contributed by atoms with E-state index in [1.165, 1.54) is 96.3 Å². The number of unbranched alkanes of at least 4 members (excludes halogenated alkanes) is 15. The zero-order valence-electron chi connectivity index (χ0n) is 23.1. The molecule has 4 nitrogen and oxygen atoms in total. The van der Waals surface area contributed by atoms with Crippen molar-refractivity contribution in [2.45, 2.75) is 170 Å². The predicted octanol–water partition coefficient (Wildman–Crippen LogP) is 9.96. The molecule has 0 saturated heterocycles. The average Bonchev–Trinajstić information content (AvgIpc) is 2.73. The van der Waals surface area contributed by atoms with Crippen LogP contribution in [-0.2, 0) is 20.6 Å². The molecule has 0 bridgehead atoms. The van der Waals surface area contributed by atoms with Crippen molar-refractivity contribution in [1.82, 2.24) is 0 Å². The summed E-state index contributed by atoms with van der Waals surface area (Å²) in [5.41, 5.74) is -3.90. The van der Waals surface area contributed by atoms with Crippen LogP contribution < -0.4 is 0 Å². The van der Waals surface area contributed by atoms with Crippen molar-refractivity contribution in [3.05, 3.63) is 0 Å². The van der Waals surface area contributed by atoms with Gasteiger partial charge in [0.15, 0.2) is 0 Å². The first kappa shape index (κ1) is 36.0. The molecule has 0 heterocycles. The predicted molar refractivity (Wildman–Crippen MR) is 144 cm³/mol.